The summed E-state index contributed by atoms with van der Waals surface area (Å²) in [7, 11) is 2.14. The Labute approximate surface area is 143 Å². The molecule has 0 bridgehead atoms. The molecule has 0 radical (unpaired) electrons. The Morgan fingerprint density at radius 1 is 1.29 bits per heavy atom. The second kappa shape index (κ2) is 8.30. The van der Waals surface area contributed by atoms with Gasteiger partial charge in [0.2, 0.25) is 0 Å². The average Bonchev–Trinajstić information content (AvgIpc) is 3.13. The van der Waals surface area contributed by atoms with Crippen LogP contribution in [0.25, 0.3) is 0 Å². The Balaban J connectivity index is 1.40. The number of ether oxygens (including phenoxy) is 1. The van der Waals surface area contributed by atoms with Crippen LogP contribution >= 0.6 is 0 Å². The summed E-state index contributed by atoms with van der Waals surface area (Å²) in [5, 5.41) is 5.72. The second-order valence-electron chi connectivity index (χ2n) is 6.51. The van der Waals surface area contributed by atoms with Gasteiger partial charge in [-0.05, 0) is 31.5 Å². The third-order valence-corrected chi connectivity index (χ3v) is 4.60. The van der Waals surface area contributed by atoms with E-state index in [0.29, 0.717) is 13.1 Å². The molecule has 1 atom stereocenters. The van der Waals surface area contributed by atoms with E-state index in [-0.39, 0.29) is 12.1 Å². The number of urea groups is 1. The zero-order valence-corrected chi connectivity index (χ0v) is 14.3. The van der Waals surface area contributed by atoms with Gasteiger partial charge in [0.25, 0.3) is 0 Å². The first-order chi connectivity index (χ1) is 11.7. The molecular weight excluding hydrogens is 306 g/mol. The van der Waals surface area contributed by atoms with E-state index in [1.807, 2.05) is 18.3 Å². The van der Waals surface area contributed by atoms with Gasteiger partial charge in [-0.3, -0.25) is 0 Å². The van der Waals surface area contributed by atoms with Crippen molar-refractivity contribution in [2.24, 2.45) is 0 Å². The van der Waals surface area contributed by atoms with Gasteiger partial charge in [-0.2, -0.15) is 0 Å². The molecule has 2 aliphatic heterocycles. The van der Waals surface area contributed by atoms with Crippen LogP contribution in [0.3, 0.4) is 0 Å². The molecule has 24 heavy (non-hydrogen) atoms. The molecule has 7 heteroatoms. The Bertz CT molecular complexity index is 522. The smallest absolute Gasteiger partial charge is 0.315 e. The lowest BCUT2D eigenvalue weighted by atomic mass is 10.2. The van der Waals surface area contributed by atoms with Crippen LogP contribution in [0.15, 0.2) is 18.3 Å². The Morgan fingerprint density at radius 2 is 2.12 bits per heavy atom. The number of anilines is 1. The van der Waals surface area contributed by atoms with Gasteiger partial charge in [-0.25, -0.2) is 9.78 Å². The second-order valence-corrected chi connectivity index (χ2v) is 6.51. The number of piperazine rings is 1. The van der Waals surface area contributed by atoms with E-state index in [1.165, 1.54) is 0 Å². The number of pyridine rings is 1. The minimum atomic E-state index is -0.159. The predicted molar refractivity (Wildman–Crippen MR) is 93.2 cm³/mol. The lowest BCUT2D eigenvalue weighted by Gasteiger charge is -2.33. The number of likely N-dealkylation sites (N-methyl/N-ethyl adjacent to an activating group) is 1. The third kappa shape index (κ3) is 4.82. The van der Waals surface area contributed by atoms with Crippen LogP contribution in [0.2, 0.25) is 0 Å². The lowest BCUT2D eigenvalue weighted by molar-refractivity contribution is 0.111. The van der Waals surface area contributed by atoms with Gasteiger partial charge in [0, 0.05) is 52.1 Å². The highest BCUT2D eigenvalue weighted by molar-refractivity contribution is 5.73. The van der Waals surface area contributed by atoms with Gasteiger partial charge in [0.1, 0.15) is 5.82 Å². The molecule has 3 rings (SSSR count). The Hall–Kier alpha value is -1.86. The zero-order valence-electron chi connectivity index (χ0n) is 14.3. The van der Waals surface area contributed by atoms with Crippen LogP contribution in [-0.2, 0) is 11.3 Å². The topological polar surface area (TPSA) is 69.7 Å². The summed E-state index contributed by atoms with van der Waals surface area (Å²) in [4.78, 5) is 21.0. The van der Waals surface area contributed by atoms with Crippen LogP contribution in [-0.4, -0.2) is 68.4 Å². The zero-order chi connectivity index (χ0) is 16.8. The minimum Gasteiger partial charge on any atom is -0.376 e. The van der Waals surface area contributed by atoms with Crippen LogP contribution < -0.4 is 15.5 Å². The summed E-state index contributed by atoms with van der Waals surface area (Å²) >= 11 is 0. The lowest BCUT2D eigenvalue weighted by Crippen LogP contribution is -2.44. The highest BCUT2D eigenvalue weighted by atomic mass is 16.5. The SMILES string of the molecule is CN1CCN(c2ccc(CNC(=O)NC[C@@H]3CCCO3)cn2)CC1. The van der Waals surface area contributed by atoms with Crippen molar-refractivity contribution in [1.29, 1.82) is 0 Å². The summed E-state index contributed by atoms with van der Waals surface area (Å²) in [6.45, 7) is 6.00. The normalized spacial score (nSPS) is 21.7. The van der Waals surface area contributed by atoms with Gasteiger partial charge >= 0.3 is 6.03 Å². The predicted octanol–water partition coefficient (Wildman–Crippen LogP) is 0.812. The molecule has 0 aromatic carbocycles. The van der Waals surface area contributed by atoms with Gasteiger partial charge in [0.15, 0.2) is 0 Å². The first-order valence-electron chi connectivity index (χ1n) is 8.72. The van der Waals surface area contributed by atoms with Crippen LogP contribution in [0.5, 0.6) is 0 Å². The molecule has 0 aliphatic carbocycles. The fourth-order valence-electron chi connectivity index (χ4n) is 3.00. The van der Waals surface area contributed by atoms with Gasteiger partial charge < -0.3 is 25.2 Å². The average molecular weight is 333 g/mol. The van der Waals surface area contributed by atoms with E-state index < -0.39 is 0 Å². The molecule has 0 spiro atoms. The number of hydrogen-bond acceptors (Lipinski definition) is 5. The molecule has 1 aromatic rings. The Morgan fingerprint density at radius 3 is 2.79 bits per heavy atom. The van der Waals surface area contributed by atoms with Crippen molar-refractivity contribution in [2.45, 2.75) is 25.5 Å². The largest absolute Gasteiger partial charge is 0.376 e. The molecule has 7 nitrogen and oxygen atoms in total. The van der Waals surface area contributed by atoms with E-state index in [1.54, 1.807) is 0 Å². The molecule has 0 saturated carbocycles. The van der Waals surface area contributed by atoms with Crippen molar-refractivity contribution in [3.63, 3.8) is 0 Å². The highest BCUT2D eigenvalue weighted by Crippen LogP contribution is 2.13. The molecule has 0 unspecified atom stereocenters. The van der Waals surface area contributed by atoms with E-state index in [4.69, 9.17) is 4.74 Å². The summed E-state index contributed by atoms with van der Waals surface area (Å²) in [5.74, 6) is 1.01. The van der Waals surface area contributed by atoms with Crippen molar-refractivity contribution in [3.05, 3.63) is 23.9 Å². The van der Waals surface area contributed by atoms with Gasteiger partial charge in [-0.1, -0.05) is 6.07 Å². The molecule has 2 aliphatic rings. The minimum absolute atomic E-state index is 0.159. The number of nitrogens with one attached hydrogen (secondary N) is 2. The molecule has 2 saturated heterocycles. The van der Waals surface area contributed by atoms with Crippen LogP contribution in [0, 0.1) is 0 Å². The monoisotopic (exact) mass is 333 g/mol. The number of carbonyl (C=O) groups excluding carboxylic acids is 1. The van der Waals surface area contributed by atoms with Crippen molar-refractivity contribution >= 4 is 11.8 Å². The highest BCUT2D eigenvalue weighted by Gasteiger charge is 2.16. The van der Waals surface area contributed by atoms with Gasteiger partial charge in [-0.15, -0.1) is 0 Å². The summed E-state index contributed by atoms with van der Waals surface area (Å²) in [6.07, 6.45) is 4.12. The maximum Gasteiger partial charge on any atom is 0.315 e. The molecule has 1 aromatic heterocycles. The molecule has 132 valence electrons. The fraction of sp³-hybridized carbons (Fsp3) is 0.647. The maximum absolute atomic E-state index is 11.8. The molecular formula is C17H27N5O2. The number of hydrogen-bond donors (Lipinski definition) is 2. The molecule has 3 heterocycles. The van der Waals surface area contributed by atoms with Crippen LogP contribution in [0.1, 0.15) is 18.4 Å². The number of nitrogens with zero attached hydrogens (tertiary/aromatic N) is 3. The van der Waals surface area contributed by atoms with E-state index in [2.05, 4.69) is 32.5 Å². The summed E-state index contributed by atoms with van der Waals surface area (Å²) < 4.78 is 5.48. The number of carbonyl (C=O) groups is 1. The first-order valence-corrected chi connectivity index (χ1v) is 8.72. The van der Waals surface area contributed by atoms with Crippen molar-refractivity contribution in [2.75, 3.05) is 51.3 Å². The standard InChI is InChI=1S/C17H27N5O2/c1-21-6-8-22(9-7-21)16-5-4-14(11-18-16)12-19-17(23)20-13-15-3-2-10-24-15/h4-5,11,15H,2-3,6-10,12-13H2,1H3,(H2,19,20,23)/t15-/m0/s1. The van der Waals surface area contributed by atoms with Crippen molar-refractivity contribution < 1.29 is 9.53 Å². The van der Waals surface area contributed by atoms with E-state index in [9.17, 15) is 4.79 Å². The summed E-state index contributed by atoms with van der Waals surface area (Å²) in [6, 6.07) is 3.90. The van der Waals surface area contributed by atoms with Gasteiger partial charge in [0.05, 0.1) is 6.10 Å². The van der Waals surface area contributed by atoms with E-state index in [0.717, 1.165) is 57.0 Å². The first kappa shape index (κ1) is 17.0. The van der Waals surface area contributed by atoms with Crippen molar-refractivity contribution in [1.82, 2.24) is 20.5 Å². The van der Waals surface area contributed by atoms with E-state index >= 15 is 0 Å². The summed E-state index contributed by atoms with van der Waals surface area (Å²) in [5.41, 5.74) is 1.00. The number of aromatic nitrogens is 1. The molecule has 2 amide bonds. The maximum atomic E-state index is 11.8. The fourth-order valence-corrected chi connectivity index (χ4v) is 3.00. The molecule has 2 N–H and O–H groups in total. The van der Waals surface area contributed by atoms with Crippen molar-refractivity contribution in [3.8, 4) is 0 Å². The number of rotatable bonds is 5. The quantitative estimate of drug-likeness (QED) is 0.835. The van der Waals surface area contributed by atoms with Crippen LogP contribution in [0.4, 0.5) is 10.6 Å². The molecule has 2 fully saturated rings. The number of amides is 2. The Kier molecular flexibility index (Phi) is 5.87. The third-order valence-electron chi connectivity index (χ3n) is 4.60.